The number of fused-ring (bicyclic) bond motifs is 2. The first-order valence-electron chi connectivity index (χ1n) is 15.8. The summed E-state index contributed by atoms with van der Waals surface area (Å²) < 4.78 is 51.3. The van der Waals surface area contributed by atoms with Crippen molar-refractivity contribution in [1.82, 2.24) is 0 Å². The number of aliphatic hydroxyl groups excluding tert-OH is 7. The lowest BCUT2D eigenvalue weighted by molar-refractivity contribution is -0.368. The van der Waals surface area contributed by atoms with E-state index in [9.17, 15) is 40.5 Å². The summed E-state index contributed by atoms with van der Waals surface area (Å²) in [6, 6.07) is 10.1. The van der Waals surface area contributed by atoms with Gasteiger partial charge in [-0.1, -0.05) is 6.07 Å². The third kappa shape index (κ3) is 6.46. The Morgan fingerprint density at radius 3 is 2.02 bits per heavy atom. The number of hydrogen-bond acceptors (Lipinski definition) is 17. The van der Waals surface area contributed by atoms with E-state index in [2.05, 4.69) is 0 Å². The van der Waals surface area contributed by atoms with Crippen LogP contribution in [0.5, 0.6) is 23.0 Å². The first-order chi connectivity index (χ1) is 23.7. The predicted molar refractivity (Wildman–Crippen MR) is 157 cm³/mol. The van der Waals surface area contributed by atoms with Crippen LogP contribution in [-0.4, -0.2) is 143 Å². The molecule has 0 aromatic heterocycles. The molecule has 268 valence electrons. The van der Waals surface area contributed by atoms with Gasteiger partial charge in [0.05, 0.1) is 38.4 Å². The molecule has 3 saturated heterocycles. The molecule has 0 spiro atoms. The van der Waals surface area contributed by atoms with Crippen LogP contribution in [-0.2, 0) is 23.7 Å². The van der Waals surface area contributed by atoms with Crippen LogP contribution in [0.1, 0.15) is 22.0 Å². The van der Waals surface area contributed by atoms with Crippen molar-refractivity contribution >= 4 is 5.78 Å². The van der Waals surface area contributed by atoms with Crippen LogP contribution in [0, 0.1) is 11.8 Å². The molecule has 0 bridgehead atoms. The van der Waals surface area contributed by atoms with Gasteiger partial charge in [-0.15, -0.1) is 0 Å². The van der Waals surface area contributed by atoms with Crippen molar-refractivity contribution in [2.75, 3.05) is 40.0 Å². The third-order valence-corrected chi connectivity index (χ3v) is 9.50. The summed E-state index contributed by atoms with van der Waals surface area (Å²) >= 11 is 0. The lowest BCUT2D eigenvalue weighted by Gasteiger charge is -2.46. The van der Waals surface area contributed by atoms with E-state index in [0.717, 1.165) is 0 Å². The number of rotatable bonds is 10. The van der Waals surface area contributed by atoms with E-state index in [4.69, 9.17) is 42.6 Å². The van der Waals surface area contributed by atoms with Gasteiger partial charge in [-0.2, -0.15) is 0 Å². The summed E-state index contributed by atoms with van der Waals surface area (Å²) in [4.78, 5) is 14.0. The zero-order valence-electron chi connectivity index (χ0n) is 25.9. The van der Waals surface area contributed by atoms with Gasteiger partial charge in [-0.25, -0.2) is 0 Å². The Labute approximate surface area is 279 Å². The maximum Gasteiger partial charge on any atom is 0.231 e. The van der Waals surface area contributed by atoms with E-state index < -0.39 is 92.6 Å². The van der Waals surface area contributed by atoms with E-state index >= 15 is 0 Å². The highest BCUT2D eigenvalue weighted by Crippen LogP contribution is 2.45. The van der Waals surface area contributed by atoms with Crippen LogP contribution in [0.25, 0.3) is 0 Å². The summed E-state index contributed by atoms with van der Waals surface area (Å²) in [5, 5.41) is 72.3. The Hall–Kier alpha value is -3.17. The van der Waals surface area contributed by atoms with Crippen molar-refractivity contribution in [2.45, 2.75) is 67.5 Å². The molecule has 7 rings (SSSR count). The zero-order chi connectivity index (χ0) is 34.4. The van der Waals surface area contributed by atoms with Crippen LogP contribution in [0.2, 0.25) is 0 Å². The minimum Gasteiger partial charge on any atom is -0.454 e. The molecular weight excluding hydrogens is 656 g/mol. The average molecular weight is 695 g/mol. The Morgan fingerprint density at radius 2 is 1.33 bits per heavy atom. The Kier molecular flexibility index (Phi) is 9.95. The Morgan fingerprint density at radius 1 is 0.714 bits per heavy atom. The fourth-order valence-electron chi connectivity index (χ4n) is 6.71. The summed E-state index contributed by atoms with van der Waals surface area (Å²) in [5.41, 5.74) is 1.02. The van der Waals surface area contributed by atoms with Crippen LogP contribution < -0.4 is 18.9 Å². The first-order valence-corrected chi connectivity index (χ1v) is 15.8. The molecule has 13 atom stereocenters. The van der Waals surface area contributed by atoms with Crippen LogP contribution >= 0.6 is 0 Å². The molecule has 3 fully saturated rings. The molecule has 7 N–H and O–H groups in total. The van der Waals surface area contributed by atoms with Gasteiger partial charge < -0.3 is 78.4 Å². The zero-order valence-corrected chi connectivity index (χ0v) is 25.9. The summed E-state index contributed by atoms with van der Waals surface area (Å²) in [5.74, 6) is 0.289. The van der Waals surface area contributed by atoms with Gasteiger partial charge in [0.2, 0.25) is 13.6 Å². The highest BCUT2D eigenvalue weighted by molar-refractivity contribution is 5.99. The van der Waals surface area contributed by atoms with E-state index in [1.807, 2.05) is 0 Å². The summed E-state index contributed by atoms with van der Waals surface area (Å²) in [6.45, 7) is -1.58. The molecule has 2 aromatic carbocycles. The molecule has 5 aliphatic heterocycles. The molecule has 0 unspecified atom stereocenters. The largest absolute Gasteiger partial charge is 0.454 e. The topological polar surface area (TPSA) is 242 Å². The number of carbonyl (C=O) groups excluding carboxylic acids is 1. The number of ether oxygens (including phenoxy) is 9. The molecule has 0 saturated carbocycles. The third-order valence-electron chi connectivity index (χ3n) is 9.50. The monoisotopic (exact) mass is 694 g/mol. The van der Waals surface area contributed by atoms with Gasteiger partial charge in [0.25, 0.3) is 0 Å². The Bertz CT molecular complexity index is 1490. The van der Waals surface area contributed by atoms with Crippen molar-refractivity contribution in [3.8, 4) is 23.0 Å². The van der Waals surface area contributed by atoms with E-state index in [0.29, 0.717) is 34.1 Å². The van der Waals surface area contributed by atoms with Gasteiger partial charge in [-0.3, -0.25) is 4.79 Å². The fraction of sp³-hybridized carbons (Fsp3) is 0.594. The normalized spacial score (nSPS) is 38.1. The van der Waals surface area contributed by atoms with E-state index in [1.165, 1.54) is 0 Å². The molecule has 2 aromatic rings. The molecule has 17 nitrogen and oxygen atoms in total. The molecule has 17 heteroatoms. The fourth-order valence-corrected chi connectivity index (χ4v) is 6.71. The second kappa shape index (κ2) is 14.2. The smallest absolute Gasteiger partial charge is 0.231 e. The maximum absolute atomic E-state index is 14.0. The quantitative estimate of drug-likeness (QED) is 0.133. The van der Waals surface area contributed by atoms with Gasteiger partial charge >= 0.3 is 0 Å². The number of aliphatic hydroxyl groups is 7. The van der Waals surface area contributed by atoms with Gasteiger partial charge in [0.15, 0.2) is 41.4 Å². The lowest BCUT2D eigenvalue weighted by atomic mass is 9.83. The Balaban J connectivity index is 1.15. The minimum atomic E-state index is -1.83. The summed E-state index contributed by atoms with van der Waals surface area (Å²) in [7, 11) is 0. The maximum atomic E-state index is 14.0. The number of ketones is 1. The first kappa shape index (κ1) is 34.3. The SMILES string of the molecule is O=C(c1ccc2c(c1)OCO2)[C@H]1CO[C@H](c2ccc3c(c2)OCO3)[C@H]1CO[C@@H]1O[C@H](CO)[C@@H](O)[C@H](O)[C@H]1O[C@@H]1O[C@H](CO)[C@@H](O)[C@H](O)[C@H]1O. The van der Waals surface area contributed by atoms with Gasteiger partial charge in [0.1, 0.15) is 48.8 Å². The number of benzene rings is 2. The van der Waals surface area contributed by atoms with Gasteiger partial charge in [0, 0.05) is 11.5 Å². The van der Waals surface area contributed by atoms with Crippen LogP contribution in [0.4, 0.5) is 0 Å². The molecular formula is C32H38O17. The molecule has 5 heterocycles. The minimum absolute atomic E-state index is 0.0112. The standard InChI is InChI=1S/C32H38O17/c33-7-21-24(36)26(38)28(40)31(47-21)49-30-27(39)25(37)22(8-34)48-32(30)42-10-16-15(23(35)13-1-3-17-19(5-13)45-11-43-17)9-41-29(16)14-2-4-18-20(6-14)46-12-44-18/h1-6,15-16,21-22,24-34,36-40H,7-12H2/t15-,16-,21+,22+,24+,25+,26-,27-,28+,29+,30+,31-,32+/m0/s1. The van der Waals surface area contributed by atoms with Crippen molar-refractivity contribution in [3.63, 3.8) is 0 Å². The van der Waals surface area contributed by atoms with Crippen molar-refractivity contribution < 1.29 is 83.2 Å². The predicted octanol–water partition coefficient (Wildman–Crippen LogP) is -2.03. The average Bonchev–Trinajstić information content (AvgIpc) is 3.89. The molecule has 0 radical (unpaired) electrons. The highest BCUT2D eigenvalue weighted by Gasteiger charge is 2.52. The molecule has 0 amide bonds. The van der Waals surface area contributed by atoms with E-state index in [-0.39, 0.29) is 32.6 Å². The number of carbonyl (C=O) groups is 1. The number of hydrogen-bond donors (Lipinski definition) is 7. The number of Topliss-reactive ketones (excluding diaryl/α,β-unsaturated/α-hetero) is 1. The van der Waals surface area contributed by atoms with Crippen molar-refractivity contribution in [2.24, 2.45) is 11.8 Å². The second-order valence-electron chi connectivity index (χ2n) is 12.4. The van der Waals surface area contributed by atoms with Crippen molar-refractivity contribution in [1.29, 1.82) is 0 Å². The van der Waals surface area contributed by atoms with Gasteiger partial charge in [-0.05, 0) is 35.9 Å². The second-order valence-corrected chi connectivity index (χ2v) is 12.4. The molecule has 49 heavy (non-hydrogen) atoms. The molecule has 0 aliphatic carbocycles. The molecule has 5 aliphatic rings. The van der Waals surface area contributed by atoms with Crippen molar-refractivity contribution in [3.05, 3.63) is 47.5 Å². The summed E-state index contributed by atoms with van der Waals surface area (Å²) in [6.07, 6.45) is -16.9. The van der Waals surface area contributed by atoms with Crippen LogP contribution in [0.15, 0.2) is 36.4 Å². The lowest BCUT2D eigenvalue weighted by Crippen LogP contribution is -2.64. The van der Waals surface area contributed by atoms with E-state index in [1.54, 1.807) is 36.4 Å². The van der Waals surface area contributed by atoms with Crippen LogP contribution in [0.3, 0.4) is 0 Å². The highest BCUT2D eigenvalue weighted by atomic mass is 16.8.